The van der Waals surface area contributed by atoms with Crippen LogP contribution in [-0.2, 0) is 13.5 Å². The predicted molar refractivity (Wildman–Crippen MR) is 87.4 cm³/mol. The van der Waals surface area contributed by atoms with Gasteiger partial charge in [0.1, 0.15) is 5.75 Å². The Labute approximate surface area is 137 Å². The van der Waals surface area contributed by atoms with Gasteiger partial charge in [0.05, 0.1) is 29.0 Å². The Morgan fingerprint density at radius 1 is 1.52 bits per heavy atom. The first-order chi connectivity index (χ1) is 9.97. The maximum absolute atomic E-state index is 6.09. The topological polar surface area (TPSA) is 65.1 Å². The number of nitrogens with two attached hydrogens (primary N) is 1. The highest BCUT2D eigenvalue weighted by molar-refractivity contribution is 9.10. The molecular formula is C14H18BrClN4O. The first-order valence-electron chi connectivity index (χ1n) is 6.45. The third-order valence-electron chi connectivity index (χ3n) is 3.43. The highest BCUT2D eigenvalue weighted by Crippen LogP contribution is 2.32. The van der Waals surface area contributed by atoms with Crippen LogP contribution in [0.5, 0.6) is 5.75 Å². The zero-order valence-electron chi connectivity index (χ0n) is 12.2. The van der Waals surface area contributed by atoms with Crippen LogP contribution in [-0.4, -0.2) is 16.9 Å². The molecule has 1 heterocycles. The molecule has 2 aromatic rings. The van der Waals surface area contributed by atoms with Gasteiger partial charge in [0.25, 0.3) is 0 Å². The van der Waals surface area contributed by atoms with Crippen LogP contribution in [0, 0.1) is 6.92 Å². The summed E-state index contributed by atoms with van der Waals surface area (Å²) in [6.07, 6.45) is 0.658. The summed E-state index contributed by atoms with van der Waals surface area (Å²) in [4.78, 5) is 0. The normalized spacial score (nSPS) is 12.5. The minimum absolute atomic E-state index is 0.134. The van der Waals surface area contributed by atoms with E-state index in [1.807, 2.05) is 30.8 Å². The molecule has 1 aromatic carbocycles. The van der Waals surface area contributed by atoms with Gasteiger partial charge in [-0.15, -0.1) is 0 Å². The Kier molecular flexibility index (Phi) is 5.27. The largest absolute Gasteiger partial charge is 0.496 e. The van der Waals surface area contributed by atoms with Crippen LogP contribution < -0.4 is 16.0 Å². The first kappa shape index (κ1) is 16.3. The number of benzene rings is 1. The fraction of sp³-hybridized carbons (Fsp3) is 0.357. The highest BCUT2D eigenvalue weighted by Gasteiger charge is 2.20. The van der Waals surface area contributed by atoms with E-state index in [0.29, 0.717) is 11.4 Å². The van der Waals surface area contributed by atoms with E-state index in [1.54, 1.807) is 13.2 Å². The Bertz CT molecular complexity index is 644. The number of nitrogens with one attached hydrogen (secondary N) is 1. The lowest BCUT2D eigenvalue weighted by molar-refractivity contribution is 0.398. The summed E-state index contributed by atoms with van der Waals surface area (Å²) in [7, 11) is 3.54. The van der Waals surface area contributed by atoms with Crippen molar-refractivity contribution in [2.45, 2.75) is 19.4 Å². The first-order valence-corrected chi connectivity index (χ1v) is 7.62. The molecule has 0 aliphatic carbocycles. The number of aromatic nitrogens is 2. The zero-order chi connectivity index (χ0) is 15.6. The number of aryl methyl sites for hydroxylation is 2. The van der Waals surface area contributed by atoms with Crippen LogP contribution in [0.1, 0.15) is 23.0 Å². The number of rotatable bonds is 5. The summed E-state index contributed by atoms with van der Waals surface area (Å²) >= 11 is 9.67. The van der Waals surface area contributed by atoms with Gasteiger partial charge in [-0.2, -0.15) is 5.10 Å². The van der Waals surface area contributed by atoms with Crippen molar-refractivity contribution < 1.29 is 4.74 Å². The van der Waals surface area contributed by atoms with E-state index in [1.165, 1.54) is 0 Å². The fourth-order valence-electron chi connectivity index (χ4n) is 2.33. The second-order valence-corrected chi connectivity index (χ2v) is 6.01. The SMILES string of the molecule is COc1ccc(Cl)cc1C(Cc1c(Br)c(C)nn1C)NN. The molecule has 0 aliphatic rings. The molecule has 1 unspecified atom stereocenters. The summed E-state index contributed by atoms with van der Waals surface area (Å²) in [5, 5.41) is 5.04. The second kappa shape index (κ2) is 6.79. The van der Waals surface area contributed by atoms with E-state index >= 15 is 0 Å². The molecule has 5 nitrogen and oxygen atoms in total. The molecule has 0 spiro atoms. The number of hydrogen-bond donors (Lipinski definition) is 2. The van der Waals surface area contributed by atoms with Crippen molar-refractivity contribution in [1.29, 1.82) is 0 Å². The number of ether oxygens (including phenoxy) is 1. The third kappa shape index (κ3) is 3.40. The van der Waals surface area contributed by atoms with Gasteiger partial charge < -0.3 is 4.74 Å². The summed E-state index contributed by atoms with van der Waals surface area (Å²) in [6, 6.07) is 5.36. The molecule has 0 aliphatic heterocycles. The van der Waals surface area contributed by atoms with Crippen LogP contribution in [0.4, 0.5) is 0 Å². The molecule has 0 saturated carbocycles. The average Bonchev–Trinajstić information content (AvgIpc) is 2.70. The van der Waals surface area contributed by atoms with Crippen LogP contribution in [0.3, 0.4) is 0 Å². The summed E-state index contributed by atoms with van der Waals surface area (Å²) < 4.78 is 8.24. The molecular weight excluding hydrogens is 356 g/mol. The molecule has 21 heavy (non-hydrogen) atoms. The van der Waals surface area contributed by atoms with Gasteiger partial charge in [0.2, 0.25) is 0 Å². The Balaban J connectivity index is 2.38. The Hall–Kier alpha value is -1.08. The van der Waals surface area contributed by atoms with Crippen molar-refractivity contribution in [2.75, 3.05) is 7.11 Å². The standard InChI is InChI=1S/C14H18BrClN4O/c1-8-14(15)12(20(2)19-8)7-11(18-17)10-6-9(16)4-5-13(10)21-3/h4-6,11,18H,7,17H2,1-3H3. The van der Waals surface area contributed by atoms with Gasteiger partial charge >= 0.3 is 0 Å². The van der Waals surface area contributed by atoms with Crippen molar-refractivity contribution >= 4 is 27.5 Å². The zero-order valence-corrected chi connectivity index (χ0v) is 14.5. The van der Waals surface area contributed by atoms with Gasteiger partial charge in [0, 0.05) is 24.1 Å². The lowest BCUT2D eigenvalue weighted by Crippen LogP contribution is -2.30. The average molecular weight is 374 g/mol. The van der Waals surface area contributed by atoms with Gasteiger partial charge in [0.15, 0.2) is 0 Å². The summed E-state index contributed by atoms with van der Waals surface area (Å²) in [5.74, 6) is 6.49. The smallest absolute Gasteiger partial charge is 0.123 e. The van der Waals surface area contributed by atoms with E-state index in [2.05, 4.69) is 26.5 Å². The van der Waals surface area contributed by atoms with Crippen molar-refractivity contribution in [1.82, 2.24) is 15.2 Å². The van der Waals surface area contributed by atoms with E-state index in [0.717, 1.165) is 27.2 Å². The molecule has 7 heteroatoms. The third-order valence-corrected chi connectivity index (χ3v) is 4.69. The van der Waals surface area contributed by atoms with Crippen molar-refractivity contribution in [3.63, 3.8) is 0 Å². The highest BCUT2D eigenvalue weighted by atomic mass is 79.9. The van der Waals surface area contributed by atoms with E-state index in [-0.39, 0.29) is 6.04 Å². The molecule has 114 valence electrons. The number of hydrazine groups is 1. The molecule has 2 rings (SSSR count). The maximum atomic E-state index is 6.09. The van der Waals surface area contributed by atoms with Crippen molar-refractivity contribution in [3.8, 4) is 5.75 Å². The number of halogens is 2. The molecule has 0 saturated heterocycles. The Morgan fingerprint density at radius 3 is 2.76 bits per heavy atom. The van der Waals surface area contributed by atoms with Crippen molar-refractivity contribution in [2.24, 2.45) is 12.9 Å². The molecule has 0 bridgehead atoms. The summed E-state index contributed by atoms with van der Waals surface area (Å²) in [6.45, 7) is 1.96. The maximum Gasteiger partial charge on any atom is 0.123 e. The quantitative estimate of drug-likeness (QED) is 0.625. The van der Waals surface area contributed by atoms with E-state index in [4.69, 9.17) is 22.2 Å². The van der Waals surface area contributed by atoms with E-state index < -0.39 is 0 Å². The van der Waals surface area contributed by atoms with Crippen LogP contribution in [0.2, 0.25) is 5.02 Å². The fourth-order valence-corrected chi connectivity index (χ4v) is 3.01. The minimum Gasteiger partial charge on any atom is -0.496 e. The molecule has 1 aromatic heterocycles. The lowest BCUT2D eigenvalue weighted by atomic mass is 10.0. The van der Waals surface area contributed by atoms with Gasteiger partial charge in [-0.3, -0.25) is 16.0 Å². The van der Waals surface area contributed by atoms with Crippen molar-refractivity contribution in [3.05, 3.63) is 44.6 Å². The lowest BCUT2D eigenvalue weighted by Gasteiger charge is -2.19. The van der Waals surface area contributed by atoms with Gasteiger partial charge in [-0.05, 0) is 41.1 Å². The molecule has 0 radical (unpaired) electrons. The predicted octanol–water partition coefficient (Wildman–Crippen LogP) is 2.90. The number of methoxy groups -OCH3 is 1. The molecule has 3 N–H and O–H groups in total. The number of hydrogen-bond acceptors (Lipinski definition) is 4. The molecule has 1 atom stereocenters. The van der Waals surface area contributed by atoms with Gasteiger partial charge in [-0.1, -0.05) is 11.6 Å². The monoisotopic (exact) mass is 372 g/mol. The molecule has 0 fully saturated rings. The van der Waals surface area contributed by atoms with Crippen LogP contribution in [0.25, 0.3) is 0 Å². The van der Waals surface area contributed by atoms with Crippen LogP contribution in [0.15, 0.2) is 22.7 Å². The van der Waals surface area contributed by atoms with E-state index in [9.17, 15) is 0 Å². The minimum atomic E-state index is -0.134. The molecule has 0 amide bonds. The second-order valence-electron chi connectivity index (χ2n) is 4.78. The van der Waals surface area contributed by atoms with Gasteiger partial charge in [-0.25, -0.2) is 0 Å². The number of nitrogens with zero attached hydrogens (tertiary/aromatic N) is 2. The summed E-state index contributed by atoms with van der Waals surface area (Å²) in [5.41, 5.74) is 5.75. The van der Waals surface area contributed by atoms with Crippen LogP contribution >= 0.6 is 27.5 Å². The Morgan fingerprint density at radius 2 is 2.24 bits per heavy atom.